The minimum Gasteiger partial charge on any atom is -0.491 e. The van der Waals surface area contributed by atoms with Crippen molar-refractivity contribution in [1.82, 2.24) is 0 Å². The zero-order valence-corrected chi connectivity index (χ0v) is 22.5. The monoisotopic (exact) mass is 551 g/mol. The third-order valence-electron chi connectivity index (χ3n) is 6.11. The standard InChI is InChI=1S/C30H33NO9/c1-22(32)40-30-25-18-23-6-2-4-8-28(23)38-16-14-36-12-10-35-11-13-37-15-17-39-29-9-5-3-7-24(29)19-26(30)21-27(20-25)31(33)34/h2-9,20-21H,10-19H2,1H3. The molecule has 1 aliphatic rings. The molecule has 10 nitrogen and oxygen atoms in total. The number of carbonyl (C=O) groups is 1. The molecule has 0 fully saturated rings. The lowest BCUT2D eigenvalue weighted by atomic mass is 9.96. The molecule has 40 heavy (non-hydrogen) atoms. The summed E-state index contributed by atoms with van der Waals surface area (Å²) >= 11 is 0. The zero-order chi connectivity index (χ0) is 28.2. The number of esters is 1. The van der Waals surface area contributed by atoms with Crippen LogP contribution in [0, 0.1) is 10.1 Å². The smallest absolute Gasteiger partial charge is 0.308 e. The summed E-state index contributed by atoms with van der Waals surface area (Å²) in [6.45, 7) is 4.40. The lowest BCUT2D eigenvalue weighted by Gasteiger charge is -2.18. The molecular weight excluding hydrogens is 518 g/mol. The van der Waals surface area contributed by atoms with Crippen molar-refractivity contribution in [3.63, 3.8) is 0 Å². The number of hydrogen-bond donors (Lipinski definition) is 0. The van der Waals surface area contributed by atoms with Crippen molar-refractivity contribution >= 4 is 11.7 Å². The van der Waals surface area contributed by atoms with E-state index >= 15 is 0 Å². The van der Waals surface area contributed by atoms with Gasteiger partial charge in [-0.3, -0.25) is 14.9 Å². The van der Waals surface area contributed by atoms with Gasteiger partial charge in [0, 0.05) is 43.0 Å². The fourth-order valence-electron chi connectivity index (χ4n) is 4.33. The first-order valence-electron chi connectivity index (χ1n) is 13.1. The number of ether oxygens (including phenoxy) is 6. The third kappa shape index (κ3) is 8.51. The minimum atomic E-state index is -0.523. The van der Waals surface area contributed by atoms with Crippen molar-refractivity contribution in [2.75, 3.05) is 52.9 Å². The molecule has 0 spiro atoms. The summed E-state index contributed by atoms with van der Waals surface area (Å²) < 4.78 is 34.3. The van der Waals surface area contributed by atoms with Gasteiger partial charge in [0.2, 0.25) is 0 Å². The minimum absolute atomic E-state index is 0.101. The van der Waals surface area contributed by atoms with Gasteiger partial charge in [-0.05, 0) is 23.3 Å². The second-order valence-corrected chi connectivity index (χ2v) is 9.05. The van der Waals surface area contributed by atoms with Crippen molar-refractivity contribution in [2.45, 2.75) is 19.8 Å². The number of nitro groups is 1. The van der Waals surface area contributed by atoms with Gasteiger partial charge in [0.15, 0.2) is 0 Å². The second kappa shape index (κ2) is 15.0. The largest absolute Gasteiger partial charge is 0.491 e. The van der Waals surface area contributed by atoms with E-state index in [0.717, 1.165) is 11.1 Å². The highest BCUT2D eigenvalue weighted by Crippen LogP contribution is 2.36. The van der Waals surface area contributed by atoms with E-state index in [0.29, 0.717) is 75.5 Å². The van der Waals surface area contributed by atoms with Crippen molar-refractivity contribution in [3.8, 4) is 17.2 Å². The van der Waals surface area contributed by atoms with Gasteiger partial charge in [-0.25, -0.2) is 0 Å². The number of benzene rings is 3. The van der Waals surface area contributed by atoms with E-state index in [4.69, 9.17) is 28.4 Å². The Kier molecular flexibility index (Phi) is 10.9. The molecule has 0 atom stereocenters. The maximum Gasteiger partial charge on any atom is 0.308 e. The zero-order valence-electron chi connectivity index (χ0n) is 22.5. The number of nitrogens with zero attached hydrogens (tertiary/aromatic N) is 1. The van der Waals surface area contributed by atoms with Crippen LogP contribution in [-0.2, 0) is 31.8 Å². The molecule has 1 heterocycles. The first-order valence-corrected chi connectivity index (χ1v) is 13.1. The van der Waals surface area contributed by atoms with Gasteiger partial charge in [-0.2, -0.15) is 0 Å². The summed E-state index contributed by atoms with van der Waals surface area (Å²) in [6, 6.07) is 17.7. The first-order chi connectivity index (χ1) is 19.5. The van der Waals surface area contributed by atoms with E-state index in [-0.39, 0.29) is 24.3 Å². The predicted octanol–water partition coefficient (Wildman–Crippen LogP) is 4.52. The fraction of sp³-hybridized carbons (Fsp3) is 0.367. The van der Waals surface area contributed by atoms with E-state index in [1.54, 1.807) is 0 Å². The van der Waals surface area contributed by atoms with E-state index < -0.39 is 10.9 Å². The molecular formula is C30H33NO9. The molecule has 3 aromatic carbocycles. The molecule has 212 valence electrons. The summed E-state index contributed by atoms with van der Waals surface area (Å²) in [7, 11) is 0. The Labute approximate surface area is 232 Å². The van der Waals surface area contributed by atoms with Crippen LogP contribution in [0.4, 0.5) is 5.69 Å². The molecule has 3 aromatic rings. The molecule has 0 N–H and O–H groups in total. The van der Waals surface area contributed by atoms with Crippen LogP contribution in [-0.4, -0.2) is 63.7 Å². The molecule has 0 unspecified atom stereocenters. The molecule has 0 aromatic heterocycles. The lowest BCUT2D eigenvalue weighted by molar-refractivity contribution is -0.385. The molecule has 1 aliphatic heterocycles. The van der Waals surface area contributed by atoms with Crippen molar-refractivity contribution < 1.29 is 38.1 Å². The summed E-state index contributed by atoms with van der Waals surface area (Å²) in [5.41, 5.74) is 2.47. The highest BCUT2D eigenvalue weighted by molar-refractivity contribution is 5.71. The van der Waals surface area contributed by atoms with E-state index in [1.807, 2.05) is 48.5 Å². The Bertz CT molecular complexity index is 1210. The molecule has 0 aliphatic carbocycles. The van der Waals surface area contributed by atoms with Crippen LogP contribution < -0.4 is 14.2 Å². The summed E-state index contributed by atoms with van der Waals surface area (Å²) in [5, 5.41) is 11.9. The van der Waals surface area contributed by atoms with Gasteiger partial charge in [-0.15, -0.1) is 0 Å². The average Bonchev–Trinajstić information content (AvgIpc) is 2.93. The Morgan fingerprint density at radius 2 is 1.12 bits per heavy atom. The van der Waals surface area contributed by atoms with Crippen LogP contribution in [0.3, 0.4) is 0 Å². The number of non-ortho nitro benzene ring substituents is 1. The van der Waals surface area contributed by atoms with Crippen molar-refractivity contribution in [2.24, 2.45) is 0 Å². The highest BCUT2D eigenvalue weighted by atomic mass is 16.6. The summed E-state index contributed by atoms with van der Waals surface area (Å²) in [6.07, 6.45) is 0.495. The van der Waals surface area contributed by atoms with E-state index in [2.05, 4.69) is 0 Å². The molecule has 2 bridgehead atoms. The maximum atomic E-state index is 12.2. The third-order valence-corrected chi connectivity index (χ3v) is 6.11. The van der Waals surface area contributed by atoms with Gasteiger partial charge in [-0.1, -0.05) is 36.4 Å². The molecule has 10 heteroatoms. The lowest BCUT2D eigenvalue weighted by Crippen LogP contribution is -2.15. The number of nitro benzene ring substituents is 1. The first kappa shape index (κ1) is 29.0. The second-order valence-electron chi connectivity index (χ2n) is 9.05. The SMILES string of the molecule is CC(=O)Oc1c2cc([N+](=O)[O-])cc1Cc1ccccc1OCCOCCOCCOCCOc1ccccc1C2. The Morgan fingerprint density at radius 3 is 1.55 bits per heavy atom. The van der Waals surface area contributed by atoms with E-state index in [9.17, 15) is 14.9 Å². The van der Waals surface area contributed by atoms with Crippen LogP contribution in [0.2, 0.25) is 0 Å². The number of rotatable bonds is 2. The molecule has 0 amide bonds. The molecule has 0 radical (unpaired) electrons. The van der Waals surface area contributed by atoms with Gasteiger partial charge >= 0.3 is 5.97 Å². The van der Waals surface area contributed by atoms with Crippen molar-refractivity contribution in [3.05, 3.63) is 93.0 Å². The quantitative estimate of drug-likeness (QED) is 0.196. The van der Waals surface area contributed by atoms with Gasteiger partial charge in [0.1, 0.15) is 30.5 Å². The summed E-state index contributed by atoms with van der Waals surface area (Å²) in [5.74, 6) is 0.992. The van der Waals surface area contributed by atoms with E-state index in [1.165, 1.54) is 19.1 Å². The van der Waals surface area contributed by atoms with Gasteiger partial charge < -0.3 is 28.4 Å². The number of carbonyl (C=O) groups excluding carboxylic acids is 1. The normalized spacial score (nSPS) is 15.5. The topological polar surface area (TPSA) is 116 Å². The van der Waals surface area contributed by atoms with Crippen LogP contribution in [0.25, 0.3) is 0 Å². The highest BCUT2D eigenvalue weighted by Gasteiger charge is 2.22. The van der Waals surface area contributed by atoms with Gasteiger partial charge in [0.05, 0.1) is 44.6 Å². The number of hydrogen-bond acceptors (Lipinski definition) is 9. The molecule has 4 rings (SSSR count). The van der Waals surface area contributed by atoms with Crippen LogP contribution >= 0.6 is 0 Å². The fourth-order valence-corrected chi connectivity index (χ4v) is 4.33. The average molecular weight is 552 g/mol. The van der Waals surface area contributed by atoms with Crippen LogP contribution in [0.5, 0.6) is 17.2 Å². The Balaban J connectivity index is 1.73. The Morgan fingerprint density at radius 1 is 0.700 bits per heavy atom. The van der Waals surface area contributed by atoms with Crippen LogP contribution in [0.15, 0.2) is 60.7 Å². The number of fused-ring (bicyclic) bond motifs is 4. The molecule has 0 saturated carbocycles. The Hall–Kier alpha value is -3.99. The van der Waals surface area contributed by atoms with Gasteiger partial charge in [0.25, 0.3) is 5.69 Å². The predicted molar refractivity (Wildman–Crippen MR) is 146 cm³/mol. The maximum absolute atomic E-state index is 12.2. The number of para-hydroxylation sites is 2. The van der Waals surface area contributed by atoms with Crippen molar-refractivity contribution in [1.29, 1.82) is 0 Å². The van der Waals surface area contributed by atoms with Crippen LogP contribution in [0.1, 0.15) is 29.2 Å². The summed E-state index contributed by atoms with van der Waals surface area (Å²) in [4.78, 5) is 23.6. The molecule has 0 saturated heterocycles.